The highest BCUT2D eigenvalue weighted by molar-refractivity contribution is 6.14. The molecule has 2 amide bonds. The molecule has 1 aliphatic rings. The molecule has 23 heavy (non-hydrogen) atoms. The molecule has 0 heterocycles. The lowest BCUT2D eigenvalue weighted by Gasteiger charge is -2.26. The Kier molecular flexibility index (Phi) is 5.77. The molecule has 1 fully saturated rings. The predicted octanol–water partition coefficient (Wildman–Crippen LogP) is 1.89. The van der Waals surface area contributed by atoms with Gasteiger partial charge >= 0.3 is 0 Å². The third-order valence-corrected chi connectivity index (χ3v) is 4.29. The van der Waals surface area contributed by atoms with Gasteiger partial charge in [0.2, 0.25) is 11.8 Å². The number of rotatable bonds is 8. The Bertz CT molecular complexity index is 538. The summed E-state index contributed by atoms with van der Waals surface area (Å²) in [5.74, 6) is -0.188. The Balaban J connectivity index is 1.98. The van der Waals surface area contributed by atoms with E-state index in [1.165, 1.54) is 0 Å². The molecule has 0 atom stereocenters. The molecule has 1 aromatic carbocycles. The zero-order valence-electron chi connectivity index (χ0n) is 14.3. The fourth-order valence-corrected chi connectivity index (χ4v) is 2.74. The second-order valence-electron chi connectivity index (χ2n) is 6.38. The number of carbonyl (C=O) groups is 2. The van der Waals surface area contributed by atoms with Gasteiger partial charge in [-0.3, -0.25) is 9.59 Å². The fourth-order valence-electron chi connectivity index (χ4n) is 2.74. The first-order valence-electron chi connectivity index (χ1n) is 8.31. The second-order valence-corrected chi connectivity index (χ2v) is 6.38. The molecular formula is C18H27N3O2. The Morgan fingerprint density at radius 3 is 2.35 bits per heavy atom. The number of nitrogens with zero attached hydrogens (tertiary/aromatic N) is 2. The maximum Gasteiger partial charge on any atom is 0.242 e. The van der Waals surface area contributed by atoms with Gasteiger partial charge in [0.15, 0.2) is 0 Å². The molecule has 1 N–H and O–H groups in total. The minimum absolute atomic E-state index is 0.0729. The van der Waals surface area contributed by atoms with Crippen LogP contribution in [-0.4, -0.2) is 50.4 Å². The fraction of sp³-hybridized carbons (Fsp3) is 0.556. The van der Waals surface area contributed by atoms with E-state index in [1.54, 1.807) is 4.90 Å². The lowest BCUT2D eigenvalue weighted by Crippen LogP contribution is -2.45. The van der Waals surface area contributed by atoms with Crippen LogP contribution in [-0.2, 0) is 9.59 Å². The molecule has 0 aliphatic heterocycles. The maximum atomic E-state index is 12.9. The summed E-state index contributed by atoms with van der Waals surface area (Å²) in [6, 6.07) is 9.56. The number of hydrogen-bond donors (Lipinski definition) is 1. The molecule has 2 rings (SSSR count). The van der Waals surface area contributed by atoms with Crippen molar-refractivity contribution >= 4 is 17.5 Å². The first-order valence-corrected chi connectivity index (χ1v) is 8.31. The lowest BCUT2D eigenvalue weighted by molar-refractivity contribution is -0.135. The Morgan fingerprint density at radius 2 is 1.83 bits per heavy atom. The SMILES string of the molecule is CCN(C(=O)C1(C(=O)NCCCN(C)C)CC1)c1ccccc1. The summed E-state index contributed by atoms with van der Waals surface area (Å²) < 4.78 is 0. The van der Waals surface area contributed by atoms with Crippen LogP contribution in [0.3, 0.4) is 0 Å². The van der Waals surface area contributed by atoms with Crippen molar-refractivity contribution in [3.8, 4) is 0 Å². The van der Waals surface area contributed by atoms with Gasteiger partial charge in [0.05, 0.1) is 0 Å². The minimum atomic E-state index is -0.843. The van der Waals surface area contributed by atoms with Crippen molar-refractivity contribution in [1.29, 1.82) is 0 Å². The first kappa shape index (κ1) is 17.5. The van der Waals surface area contributed by atoms with Crippen LogP contribution in [0, 0.1) is 5.41 Å². The molecule has 1 aliphatic carbocycles. The molecule has 0 spiro atoms. The summed E-state index contributed by atoms with van der Waals surface area (Å²) in [5.41, 5.74) is 0.0101. The number of benzene rings is 1. The molecule has 0 unspecified atom stereocenters. The van der Waals surface area contributed by atoms with Crippen molar-refractivity contribution < 1.29 is 9.59 Å². The van der Waals surface area contributed by atoms with Gasteiger partial charge in [-0.15, -0.1) is 0 Å². The quantitative estimate of drug-likeness (QED) is 0.588. The van der Waals surface area contributed by atoms with Crippen LogP contribution in [0.4, 0.5) is 5.69 Å². The third-order valence-electron chi connectivity index (χ3n) is 4.29. The molecule has 126 valence electrons. The van der Waals surface area contributed by atoms with E-state index >= 15 is 0 Å². The predicted molar refractivity (Wildman–Crippen MR) is 92.3 cm³/mol. The lowest BCUT2D eigenvalue weighted by atomic mass is 10.0. The topological polar surface area (TPSA) is 52.7 Å². The molecule has 0 aromatic heterocycles. The molecule has 1 aromatic rings. The van der Waals surface area contributed by atoms with E-state index in [0.29, 0.717) is 25.9 Å². The van der Waals surface area contributed by atoms with E-state index in [9.17, 15) is 9.59 Å². The number of amides is 2. The number of para-hydroxylation sites is 1. The van der Waals surface area contributed by atoms with Crippen molar-refractivity contribution in [1.82, 2.24) is 10.2 Å². The van der Waals surface area contributed by atoms with E-state index in [1.807, 2.05) is 51.4 Å². The van der Waals surface area contributed by atoms with E-state index in [4.69, 9.17) is 0 Å². The third kappa shape index (κ3) is 4.10. The van der Waals surface area contributed by atoms with Crippen LogP contribution in [0.1, 0.15) is 26.2 Å². The summed E-state index contributed by atoms with van der Waals surface area (Å²) in [6.07, 6.45) is 2.18. The van der Waals surface area contributed by atoms with Crippen LogP contribution in [0.25, 0.3) is 0 Å². The molecule has 0 bridgehead atoms. The summed E-state index contributed by atoms with van der Waals surface area (Å²) in [6.45, 7) is 4.05. The van der Waals surface area contributed by atoms with Gasteiger partial charge < -0.3 is 15.1 Å². The number of nitrogens with one attached hydrogen (secondary N) is 1. The molecule has 5 nitrogen and oxygen atoms in total. The number of hydrogen-bond acceptors (Lipinski definition) is 3. The summed E-state index contributed by atoms with van der Waals surface area (Å²) >= 11 is 0. The largest absolute Gasteiger partial charge is 0.355 e. The molecular weight excluding hydrogens is 290 g/mol. The first-order chi connectivity index (χ1) is 11.0. The molecule has 0 radical (unpaired) electrons. The van der Waals surface area contributed by atoms with Gasteiger partial charge in [0, 0.05) is 18.8 Å². The van der Waals surface area contributed by atoms with Crippen molar-refractivity contribution in [2.24, 2.45) is 5.41 Å². The van der Waals surface area contributed by atoms with Gasteiger partial charge in [-0.1, -0.05) is 18.2 Å². The van der Waals surface area contributed by atoms with Crippen LogP contribution in [0.15, 0.2) is 30.3 Å². The van der Waals surface area contributed by atoms with Gasteiger partial charge in [-0.2, -0.15) is 0 Å². The van der Waals surface area contributed by atoms with Crippen molar-refractivity contribution in [2.75, 3.05) is 38.6 Å². The van der Waals surface area contributed by atoms with Crippen molar-refractivity contribution in [3.63, 3.8) is 0 Å². The Hall–Kier alpha value is -1.88. The van der Waals surface area contributed by atoms with E-state index < -0.39 is 5.41 Å². The Labute approximate surface area is 138 Å². The second kappa shape index (κ2) is 7.59. The summed E-state index contributed by atoms with van der Waals surface area (Å²) in [7, 11) is 4.01. The molecule has 5 heteroatoms. The summed E-state index contributed by atoms with van der Waals surface area (Å²) in [5, 5.41) is 2.94. The highest BCUT2D eigenvalue weighted by atomic mass is 16.2. The molecule has 1 saturated carbocycles. The van der Waals surface area contributed by atoms with Gasteiger partial charge in [0.25, 0.3) is 0 Å². The van der Waals surface area contributed by atoms with Gasteiger partial charge in [0.1, 0.15) is 5.41 Å². The van der Waals surface area contributed by atoms with E-state index in [-0.39, 0.29) is 11.8 Å². The van der Waals surface area contributed by atoms with Crippen molar-refractivity contribution in [3.05, 3.63) is 30.3 Å². The zero-order chi connectivity index (χ0) is 16.9. The average molecular weight is 317 g/mol. The van der Waals surface area contributed by atoms with Gasteiger partial charge in [-0.25, -0.2) is 0 Å². The maximum absolute atomic E-state index is 12.9. The number of anilines is 1. The minimum Gasteiger partial charge on any atom is -0.355 e. The smallest absolute Gasteiger partial charge is 0.242 e. The van der Waals surface area contributed by atoms with Crippen molar-refractivity contribution in [2.45, 2.75) is 26.2 Å². The highest BCUT2D eigenvalue weighted by Gasteiger charge is 2.57. The zero-order valence-corrected chi connectivity index (χ0v) is 14.3. The highest BCUT2D eigenvalue weighted by Crippen LogP contribution is 2.48. The number of carbonyl (C=O) groups excluding carboxylic acids is 2. The standard InChI is InChI=1S/C18H27N3O2/c1-4-21(15-9-6-5-7-10-15)17(23)18(11-12-18)16(22)19-13-8-14-20(2)3/h5-7,9-10H,4,8,11-14H2,1-3H3,(H,19,22). The summed E-state index contributed by atoms with van der Waals surface area (Å²) in [4.78, 5) is 29.2. The van der Waals surface area contributed by atoms with Gasteiger partial charge in [-0.05, 0) is 59.0 Å². The average Bonchev–Trinajstić information content (AvgIpc) is 3.34. The van der Waals surface area contributed by atoms with Crippen LogP contribution >= 0.6 is 0 Å². The Morgan fingerprint density at radius 1 is 1.17 bits per heavy atom. The van der Waals surface area contributed by atoms with Crippen LogP contribution < -0.4 is 10.2 Å². The van der Waals surface area contributed by atoms with E-state index in [2.05, 4.69) is 10.2 Å². The van der Waals surface area contributed by atoms with Crippen LogP contribution in [0.2, 0.25) is 0 Å². The van der Waals surface area contributed by atoms with E-state index in [0.717, 1.165) is 18.7 Å². The normalized spacial score (nSPS) is 15.3. The molecule has 0 saturated heterocycles. The monoisotopic (exact) mass is 317 g/mol. The van der Waals surface area contributed by atoms with Crippen LogP contribution in [0.5, 0.6) is 0 Å².